The van der Waals surface area contributed by atoms with Crippen LogP contribution in [-0.2, 0) is 30.0 Å². The summed E-state index contributed by atoms with van der Waals surface area (Å²) < 4.78 is 28.3. The molecular formula is C10H13N5O2S2. The standard InChI is InChI=1S/C10H13N5O2S2/c1-15-5-9(12-6-15)19(16,17)14-10-13-7-2-3-11-4-8(7)18-10/h5-6,11H,2-4H2,1H3,(H,13,14). The Bertz CT molecular complexity index is 680. The molecule has 2 aromatic heterocycles. The van der Waals surface area contributed by atoms with Gasteiger partial charge < -0.3 is 9.88 Å². The number of aryl methyl sites for hydroxylation is 1. The zero-order valence-corrected chi connectivity index (χ0v) is 11.9. The maximum Gasteiger partial charge on any atom is 0.282 e. The van der Waals surface area contributed by atoms with Gasteiger partial charge in [-0.05, 0) is 0 Å². The van der Waals surface area contributed by atoms with E-state index >= 15 is 0 Å². The van der Waals surface area contributed by atoms with Gasteiger partial charge in [0.2, 0.25) is 0 Å². The number of thiazole rings is 1. The van der Waals surface area contributed by atoms with Crippen molar-refractivity contribution in [3.63, 3.8) is 0 Å². The molecule has 2 aromatic rings. The molecule has 0 aromatic carbocycles. The maximum atomic E-state index is 12.1. The third kappa shape index (κ3) is 2.48. The predicted molar refractivity (Wildman–Crippen MR) is 71.5 cm³/mol. The second-order valence-corrected chi connectivity index (χ2v) is 7.01. The molecule has 0 radical (unpaired) electrons. The third-order valence-corrected chi connectivity index (χ3v) is 5.15. The van der Waals surface area contributed by atoms with Crippen molar-refractivity contribution < 1.29 is 8.42 Å². The summed E-state index contributed by atoms with van der Waals surface area (Å²) in [6.07, 6.45) is 3.74. The monoisotopic (exact) mass is 299 g/mol. The van der Waals surface area contributed by atoms with E-state index in [2.05, 4.69) is 20.0 Å². The number of nitrogens with one attached hydrogen (secondary N) is 2. The normalized spacial score (nSPS) is 15.2. The fourth-order valence-electron chi connectivity index (χ4n) is 1.86. The van der Waals surface area contributed by atoms with Crippen molar-refractivity contribution in [1.82, 2.24) is 19.9 Å². The molecule has 0 unspecified atom stereocenters. The quantitative estimate of drug-likeness (QED) is 0.852. The number of hydrogen-bond acceptors (Lipinski definition) is 6. The highest BCUT2D eigenvalue weighted by Crippen LogP contribution is 2.26. The summed E-state index contributed by atoms with van der Waals surface area (Å²) in [4.78, 5) is 9.25. The Morgan fingerprint density at radius 3 is 3.05 bits per heavy atom. The first-order valence-corrected chi connectivity index (χ1v) is 8.05. The Hall–Kier alpha value is -1.45. The van der Waals surface area contributed by atoms with Gasteiger partial charge in [-0.15, -0.1) is 0 Å². The van der Waals surface area contributed by atoms with E-state index in [1.54, 1.807) is 11.6 Å². The van der Waals surface area contributed by atoms with Gasteiger partial charge in [0.25, 0.3) is 10.0 Å². The number of anilines is 1. The largest absolute Gasteiger partial charge is 0.339 e. The van der Waals surface area contributed by atoms with Gasteiger partial charge >= 0.3 is 0 Å². The lowest BCUT2D eigenvalue weighted by atomic mass is 10.2. The smallest absolute Gasteiger partial charge is 0.282 e. The Morgan fingerprint density at radius 2 is 2.37 bits per heavy atom. The van der Waals surface area contributed by atoms with E-state index in [4.69, 9.17) is 0 Å². The molecule has 0 fully saturated rings. The number of rotatable bonds is 3. The van der Waals surface area contributed by atoms with Crippen LogP contribution in [-0.4, -0.2) is 29.5 Å². The molecule has 3 rings (SSSR count). The predicted octanol–water partition coefficient (Wildman–Crippen LogP) is 0.323. The van der Waals surface area contributed by atoms with Crippen molar-refractivity contribution in [2.24, 2.45) is 7.05 Å². The van der Waals surface area contributed by atoms with Crippen LogP contribution in [0, 0.1) is 0 Å². The van der Waals surface area contributed by atoms with E-state index in [0.717, 1.165) is 30.1 Å². The van der Waals surface area contributed by atoms with Crippen LogP contribution in [0.5, 0.6) is 0 Å². The molecule has 1 aliphatic rings. The van der Waals surface area contributed by atoms with E-state index in [-0.39, 0.29) is 5.03 Å². The Labute approximate surface area is 114 Å². The molecule has 0 saturated carbocycles. The van der Waals surface area contributed by atoms with E-state index in [1.807, 2.05) is 0 Å². The minimum atomic E-state index is -3.65. The van der Waals surface area contributed by atoms with Gasteiger partial charge in [-0.25, -0.2) is 9.97 Å². The van der Waals surface area contributed by atoms with Crippen molar-refractivity contribution in [3.8, 4) is 0 Å². The Balaban J connectivity index is 1.86. The van der Waals surface area contributed by atoms with E-state index < -0.39 is 10.0 Å². The molecule has 1 aliphatic heterocycles. The molecule has 0 amide bonds. The molecular weight excluding hydrogens is 286 g/mol. The molecule has 0 saturated heterocycles. The Kier molecular flexibility index (Phi) is 3.03. The fourth-order valence-corrected chi connectivity index (χ4v) is 4.06. The zero-order valence-electron chi connectivity index (χ0n) is 10.3. The van der Waals surface area contributed by atoms with Crippen molar-refractivity contribution in [2.75, 3.05) is 11.3 Å². The molecule has 0 spiro atoms. The average Bonchev–Trinajstić information content (AvgIpc) is 2.94. The van der Waals surface area contributed by atoms with Crippen LogP contribution in [0.15, 0.2) is 17.6 Å². The van der Waals surface area contributed by atoms with Crippen molar-refractivity contribution in [1.29, 1.82) is 0 Å². The minimum absolute atomic E-state index is 0.00120. The van der Waals surface area contributed by atoms with Gasteiger partial charge in [0.05, 0.1) is 12.0 Å². The highest BCUT2D eigenvalue weighted by Gasteiger charge is 2.21. The van der Waals surface area contributed by atoms with Crippen LogP contribution in [0.25, 0.3) is 0 Å². The van der Waals surface area contributed by atoms with Crippen molar-refractivity contribution in [2.45, 2.75) is 18.0 Å². The van der Waals surface area contributed by atoms with Crippen LogP contribution in [0.3, 0.4) is 0 Å². The second kappa shape index (κ2) is 4.58. The molecule has 2 N–H and O–H groups in total. The first kappa shape index (κ1) is 12.6. The molecule has 7 nitrogen and oxygen atoms in total. The Morgan fingerprint density at radius 1 is 1.53 bits per heavy atom. The molecule has 0 bridgehead atoms. The summed E-state index contributed by atoms with van der Waals surface area (Å²) in [6, 6.07) is 0. The van der Waals surface area contributed by atoms with Crippen LogP contribution in [0.1, 0.15) is 10.6 Å². The minimum Gasteiger partial charge on any atom is -0.339 e. The SMILES string of the molecule is Cn1cnc(S(=O)(=O)Nc2nc3c(s2)CNCC3)c1. The van der Waals surface area contributed by atoms with Gasteiger partial charge in [0, 0.05) is 37.6 Å². The lowest BCUT2D eigenvalue weighted by molar-refractivity contribution is 0.598. The summed E-state index contributed by atoms with van der Waals surface area (Å²) in [6.45, 7) is 1.63. The van der Waals surface area contributed by atoms with Crippen LogP contribution in [0.4, 0.5) is 5.13 Å². The number of nitrogens with zero attached hydrogens (tertiary/aromatic N) is 3. The van der Waals surface area contributed by atoms with Crippen LogP contribution >= 0.6 is 11.3 Å². The average molecular weight is 299 g/mol. The van der Waals surface area contributed by atoms with E-state index in [0.29, 0.717) is 5.13 Å². The lowest BCUT2D eigenvalue weighted by Crippen LogP contribution is -2.22. The summed E-state index contributed by atoms with van der Waals surface area (Å²) in [5, 5.41) is 3.63. The fraction of sp³-hybridized carbons (Fsp3) is 0.400. The van der Waals surface area contributed by atoms with Crippen molar-refractivity contribution in [3.05, 3.63) is 23.1 Å². The number of sulfonamides is 1. The van der Waals surface area contributed by atoms with Gasteiger partial charge in [-0.2, -0.15) is 8.42 Å². The summed E-state index contributed by atoms with van der Waals surface area (Å²) in [5.41, 5.74) is 0.975. The second-order valence-electron chi connectivity index (χ2n) is 4.30. The topological polar surface area (TPSA) is 88.9 Å². The van der Waals surface area contributed by atoms with E-state index in [9.17, 15) is 8.42 Å². The molecule has 9 heteroatoms. The summed E-state index contributed by atoms with van der Waals surface area (Å²) in [7, 11) is -1.92. The van der Waals surface area contributed by atoms with Gasteiger partial charge in [0.1, 0.15) is 0 Å². The van der Waals surface area contributed by atoms with Crippen LogP contribution < -0.4 is 10.0 Å². The zero-order chi connectivity index (χ0) is 13.5. The maximum absolute atomic E-state index is 12.1. The third-order valence-electron chi connectivity index (χ3n) is 2.78. The van der Waals surface area contributed by atoms with E-state index in [1.165, 1.54) is 23.9 Å². The number of hydrogen-bond donors (Lipinski definition) is 2. The molecule has 3 heterocycles. The first-order chi connectivity index (χ1) is 9.04. The first-order valence-electron chi connectivity index (χ1n) is 5.75. The number of fused-ring (bicyclic) bond motifs is 1. The van der Waals surface area contributed by atoms with Gasteiger partial charge in [0.15, 0.2) is 10.2 Å². The summed E-state index contributed by atoms with van der Waals surface area (Å²) >= 11 is 1.37. The summed E-state index contributed by atoms with van der Waals surface area (Å²) in [5.74, 6) is 0. The highest BCUT2D eigenvalue weighted by molar-refractivity contribution is 7.92. The molecule has 19 heavy (non-hydrogen) atoms. The number of aromatic nitrogens is 3. The van der Waals surface area contributed by atoms with Crippen LogP contribution in [0.2, 0.25) is 0 Å². The van der Waals surface area contributed by atoms with Crippen molar-refractivity contribution >= 4 is 26.5 Å². The van der Waals surface area contributed by atoms with Gasteiger partial charge in [-0.3, -0.25) is 4.72 Å². The molecule has 0 aliphatic carbocycles. The molecule has 102 valence electrons. The van der Waals surface area contributed by atoms with Gasteiger partial charge in [-0.1, -0.05) is 11.3 Å². The molecule has 0 atom stereocenters. The highest BCUT2D eigenvalue weighted by atomic mass is 32.2. The lowest BCUT2D eigenvalue weighted by Gasteiger charge is -2.09. The number of imidazole rings is 1.